The Hall–Kier alpha value is -0.860. The molecule has 0 bridgehead atoms. The molecule has 1 amide bonds. The Bertz CT molecular complexity index is 341. The summed E-state index contributed by atoms with van der Waals surface area (Å²) in [5.74, 6) is 1.77. The first-order valence-corrected chi connectivity index (χ1v) is 14.2. The molecule has 7 nitrogen and oxygen atoms in total. The van der Waals surface area contributed by atoms with E-state index in [-0.39, 0.29) is 11.1 Å². The van der Waals surface area contributed by atoms with E-state index in [1.165, 1.54) is 19.8 Å². The third-order valence-electron chi connectivity index (χ3n) is 4.48. The molecule has 1 N–H and O–H groups in total. The fourth-order valence-corrected chi connectivity index (χ4v) is 1.71. The quantitative estimate of drug-likeness (QED) is 0.142. The normalized spacial score (nSPS) is 10.3. The van der Waals surface area contributed by atoms with Crippen LogP contribution in [0, 0.1) is 11.8 Å². The predicted molar refractivity (Wildman–Crippen MR) is 157 cm³/mol. The van der Waals surface area contributed by atoms with E-state index in [9.17, 15) is 4.79 Å². The van der Waals surface area contributed by atoms with Gasteiger partial charge in [0.05, 0.1) is 47.1 Å². The first-order valence-electron chi connectivity index (χ1n) is 14.2. The Balaban J connectivity index is -0.0000000875. The fourth-order valence-electron chi connectivity index (χ4n) is 1.71. The van der Waals surface area contributed by atoms with Gasteiger partial charge in [-0.05, 0) is 31.6 Å². The summed E-state index contributed by atoms with van der Waals surface area (Å²) in [5, 5.41) is 8.36. The Morgan fingerprint density at radius 3 is 1.36 bits per heavy atom. The fraction of sp³-hybridized carbons (Fsp3) is 0.931. The molecule has 0 aliphatic rings. The van der Waals surface area contributed by atoms with Crippen LogP contribution in [-0.4, -0.2) is 89.2 Å². The average Bonchev–Trinajstić information content (AvgIpc) is 2.88. The van der Waals surface area contributed by atoms with Crippen molar-refractivity contribution >= 4 is 12.7 Å². The van der Waals surface area contributed by atoms with E-state index in [1.54, 1.807) is 14.1 Å². The number of ether oxygens (including phenoxy) is 3. The molecule has 0 aromatic heterocycles. The minimum atomic E-state index is 0.0613. The van der Waals surface area contributed by atoms with Crippen molar-refractivity contribution in [3.8, 4) is 0 Å². The van der Waals surface area contributed by atoms with Crippen molar-refractivity contribution in [3.63, 3.8) is 0 Å². The van der Waals surface area contributed by atoms with Gasteiger partial charge < -0.3 is 24.1 Å². The molecule has 0 radical (unpaired) electrons. The summed E-state index contributed by atoms with van der Waals surface area (Å²) >= 11 is 0. The summed E-state index contributed by atoms with van der Waals surface area (Å²) in [5.41, 5.74) is 0. The van der Waals surface area contributed by atoms with Crippen molar-refractivity contribution in [2.75, 3.05) is 66.9 Å². The standard InChI is InChI=1S/C11H24O3.C7H16.C5H12NO2.C2H4O.2C2H6/c1-3-5-7-13-9-11-14-10-8-12-6-4-2;1-5-7(4)6(2)3;1-6(2,5-8)3-4-7;1-2-3;2*1-2/h3-11H2,1-2H3;6-7H,5H2,1-4H3;5,7H,3-4H2,1-2H3;2H,1H3;2*1-2H3/q;;+1;;;. The SMILES string of the molecule is CC.CC.CC=O.CCC(C)C(C)C.CCCCOCCOCCOCCC.C[N+](C)(C=O)CCO. The van der Waals surface area contributed by atoms with Crippen molar-refractivity contribution in [1.82, 2.24) is 0 Å². The first-order chi connectivity index (χ1) is 17.1. The third kappa shape index (κ3) is 63.9. The van der Waals surface area contributed by atoms with Crippen LogP contribution in [0.1, 0.15) is 102 Å². The van der Waals surface area contributed by atoms with E-state index in [0.29, 0.717) is 33.0 Å². The predicted octanol–water partition coefficient (Wildman–Crippen LogP) is 6.40. The highest BCUT2D eigenvalue weighted by Crippen LogP contribution is 2.11. The van der Waals surface area contributed by atoms with Gasteiger partial charge in [-0.1, -0.05) is 82.1 Å². The lowest BCUT2D eigenvalue weighted by Crippen LogP contribution is -2.40. The number of rotatable bonds is 16. The number of aldehydes is 1. The lowest BCUT2D eigenvalue weighted by molar-refractivity contribution is -0.804. The van der Waals surface area contributed by atoms with E-state index >= 15 is 0 Å². The molecule has 36 heavy (non-hydrogen) atoms. The number of carbonyl (C=O) groups excluding carboxylic acids is 2. The van der Waals surface area contributed by atoms with Crippen LogP contribution in [0.15, 0.2) is 0 Å². The van der Waals surface area contributed by atoms with Gasteiger partial charge in [0.2, 0.25) is 0 Å². The maximum Gasteiger partial charge on any atom is 0.301 e. The zero-order valence-corrected chi connectivity index (χ0v) is 26.7. The Morgan fingerprint density at radius 2 is 1.14 bits per heavy atom. The molecular weight excluding hydrogens is 458 g/mol. The van der Waals surface area contributed by atoms with Gasteiger partial charge in [-0.2, -0.15) is 0 Å². The molecule has 0 saturated carbocycles. The number of hydrogen-bond donors (Lipinski definition) is 1. The second-order valence-corrected chi connectivity index (χ2v) is 8.39. The van der Waals surface area contributed by atoms with E-state index in [4.69, 9.17) is 24.1 Å². The van der Waals surface area contributed by atoms with Crippen molar-refractivity contribution < 1.29 is 33.4 Å². The number of likely N-dealkylation sites (N-methyl/N-ethyl adjacent to an activating group) is 1. The highest BCUT2D eigenvalue weighted by atomic mass is 16.5. The Morgan fingerprint density at radius 1 is 0.750 bits per heavy atom. The van der Waals surface area contributed by atoms with Crippen LogP contribution in [-0.2, 0) is 23.8 Å². The number of quaternary nitrogens is 1. The van der Waals surface area contributed by atoms with E-state index in [1.807, 2.05) is 27.7 Å². The van der Waals surface area contributed by atoms with Gasteiger partial charge in [-0.25, -0.2) is 4.79 Å². The topological polar surface area (TPSA) is 82.1 Å². The zero-order chi connectivity index (χ0) is 29.7. The molecule has 0 spiro atoms. The molecule has 0 fully saturated rings. The van der Waals surface area contributed by atoms with Crippen molar-refractivity contribution in [2.45, 2.75) is 102 Å². The zero-order valence-electron chi connectivity index (χ0n) is 26.7. The molecule has 0 heterocycles. The smallest absolute Gasteiger partial charge is 0.301 e. The number of aliphatic hydroxyl groups excluding tert-OH is 1. The Labute approximate surface area is 226 Å². The Kier molecular flexibility index (Phi) is 63.4. The van der Waals surface area contributed by atoms with E-state index in [2.05, 4.69) is 41.5 Å². The maximum atomic E-state index is 10.1. The molecule has 0 aromatic carbocycles. The number of unbranched alkanes of at least 4 members (excludes halogenated alkanes) is 1. The average molecular weight is 527 g/mol. The lowest BCUT2D eigenvalue weighted by Gasteiger charge is -2.18. The number of aliphatic hydroxyl groups is 1. The summed E-state index contributed by atoms with van der Waals surface area (Å²) in [7, 11) is 3.48. The van der Waals surface area contributed by atoms with Crippen molar-refractivity contribution in [1.29, 1.82) is 0 Å². The van der Waals surface area contributed by atoms with Gasteiger partial charge >= 0.3 is 6.41 Å². The summed E-state index contributed by atoms with van der Waals surface area (Å²) in [6, 6.07) is 0. The number of carbonyl (C=O) groups is 2. The number of hydrogen-bond acceptors (Lipinski definition) is 6. The molecule has 1 unspecified atom stereocenters. The van der Waals surface area contributed by atoms with Crippen molar-refractivity contribution in [2.24, 2.45) is 11.8 Å². The molecule has 7 heteroatoms. The molecule has 0 aromatic rings. The summed E-state index contributed by atoms with van der Waals surface area (Å²) in [6.45, 7) is 27.8. The molecule has 0 saturated heterocycles. The summed E-state index contributed by atoms with van der Waals surface area (Å²) in [6.07, 6.45) is 6.26. The molecule has 224 valence electrons. The first kappa shape index (κ1) is 48.2. The van der Waals surface area contributed by atoms with Crippen LogP contribution in [0.5, 0.6) is 0 Å². The highest BCUT2D eigenvalue weighted by molar-refractivity contribution is 5.44. The van der Waals surface area contributed by atoms with Crippen LogP contribution in [0.25, 0.3) is 0 Å². The van der Waals surface area contributed by atoms with Gasteiger partial charge in [-0.3, -0.25) is 4.48 Å². The highest BCUT2D eigenvalue weighted by Gasteiger charge is 2.10. The minimum Gasteiger partial charge on any atom is -0.390 e. The molecule has 0 aliphatic carbocycles. The van der Waals surface area contributed by atoms with Crippen LogP contribution < -0.4 is 0 Å². The minimum absolute atomic E-state index is 0.0613. The molecule has 0 rings (SSSR count). The second kappa shape index (κ2) is 47.4. The lowest BCUT2D eigenvalue weighted by atomic mass is 9.96. The molecular formula is C29H68NO6+. The summed E-state index contributed by atoms with van der Waals surface area (Å²) < 4.78 is 16.1. The van der Waals surface area contributed by atoms with E-state index in [0.717, 1.165) is 50.6 Å². The van der Waals surface area contributed by atoms with Gasteiger partial charge in [-0.15, -0.1) is 0 Å². The van der Waals surface area contributed by atoms with Gasteiger partial charge in [0, 0.05) is 13.2 Å². The maximum absolute atomic E-state index is 10.1. The van der Waals surface area contributed by atoms with Gasteiger partial charge in [0.15, 0.2) is 0 Å². The number of nitrogens with zero attached hydrogens (tertiary/aromatic N) is 1. The molecule has 1 atom stereocenters. The summed E-state index contributed by atoms with van der Waals surface area (Å²) in [4.78, 5) is 18.9. The largest absolute Gasteiger partial charge is 0.390 e. The van der Waals surface area contributed by atoms with E-state index < -0.39 is 0 Å². The van der Waals surface area contributed by atoms with Gasteiger partial charge in [0.1, 0.15) is 12.8 Å². The van der Waals surface area contributed by atoms with Crippen LogP contribution in [0.2, 0.25) is 0 Å². The monoisotopic (exact) mass is 527 g/mol. The van der Waals surface area contributed by atoms with Crippen LogP contribution in [0.4, 0.5) is 0 Å². The second-order valence-electron chi connectivity index (χ2n) is 8.39. The number of amides is 1. The van der Waals surface area contributed by atoms with Crippen LogP contribution in [0.3, 0.4) is 0 Å². The van der Waals surface area contributed by atoms with Gasteiger partial charge in [0.25, 0.3) is 0 Å². The van der Waals surface area contributed by atoms with Crippen molar-refractivity contribution in [3.05, 3.63) is 0 Å². The molecule has 0 aliphatic heterocycles. The third-order valence-corrected chi connectivity index (χ3v) is 4.48. The van der Waals surface area contributed by atoms with Crippen LogP contribution >= 0.6 is 0 Å².